The first-order chi connectivity index (χ1) is 9.11. The van der Waals surface area contributed by atoms with E-state index < -0.39 is 11.6 Å². The van der Waals surface area contributed by atoms with Crippen molar-refractivity contribution in [3.05, 3.63) is 63.6 Å². The van der Waals surface area contributed by atoms with Gasteiger partial charge in [0.05, 0.1) is 10.0 Å². The van der Waals surface area contributed by atoms with Gasteiger partial charge in [0.25, 0.3) is 0 Å². The monoisotopic (exact) mass is 326 g/mol. The standard InChI is InChI=1S/C14H9BrF2O2/c15-11-6-9(7-18)4-5-14(11)19-8-10-12(16)2-1-3-13(10)17/h1-7H,8H2. The number of hydrogen-bond donors (Lipinski definition) is 0. The van der Waals surface area contributed by atoms with Gasteiger partial charge in [-0.25, -0.2) is 8.78 Å². The molecule has 0 saturated heterocycles. The van der Waals surface area contributed by atoms with Crippen LogP contribution in [-0.2, 0) is 6.61 Å². The van der Waals surface area contributed by atoms with Crippen molar-refractivity contribution in [2.75, 3.05) is 0 Å². The van der Waals surface area contributed by atoms with Gasteiger partial charge in [0.15, 0.2) is 0 Å². The van der Waals surface area contributed by atoms with Gasteiger partial charge < -0.3 is 4.74 Å². The Labute approximate surface area is 117 Å². The van der Waals surface area contributed by atoms with Crippen LogP contribution in [-0.4, -0.2) is 6.29 Å². The van der Waals surface area contributed by atoms with Crippen molar-refractivity contribution in [1.29, 1.82) is 0 Å². The van der Waals surface area contributed by atoms with Crippen LogP contribution < -0.4 is 4.74 Å². The maximum atomic E-state index is 13.4. The summed E-state index contributed by atoms with van der Waals surface area (Å²) < 4.78 is 32.7. The minimum atomic E-state index is -0.652. The first kappa shape index (κ1) is 13.7. The lowest BCUT2D eigenvalue weighted by atomic mass is 10.2. The molecule has 0 amide bonds. The van der Waals surface area contributed by atoms with Gasteiger partial charge in [-0.3, -0.25) is 4.79 Å². The van der Waals surface area contributed by atoms with Gasteiger partial charge >= 0.3 is 0 Å². The van der Waals surface area contributed by atoms with Crippen molar-refractivity contribution in [3.63, 3.8) is 0 Å². The number of aldehydes is 1. The molecule has 19 heavy (non-hydrogen) atoms. The lowest BCUT2D eigenvalue weighted by molar-refractivity contribution is 0.112. The number of halogens is 3. The average molecular weight is 327 g/mol. The summed E-state index contributed by atoms with van der Waals surface area (Å²) in [6, 6.07) is 8.33. The molecule has 0 aliphatic heterocycles. The van der Waals surface area contributed by atoms with E-state index >= 15 is 0 Å². The third-order valence-electron chi connectivity index (χ3n) is 2.53. The minimum Gasteiger partial charge on any atom is -0.488 e. The summed E-state index contributed by atoms with van der Waals surface area (Å²) in [4.78, 5) is 10.6. The summed E-state index contributed by atoms with van der Waals surface area (Å²) in [5.41, 5.74) is 0.352. The van der Waals surface area contributed by atoms with Crippen molar-refractivity contribution in [2.45, 2.75) is 6.61 Å². The Morgan fingerprint density at radius 1 is 1.16 bits per heavy atom. The van der Waals surface area contributed by atoms with E-state index in [1.54, 1.807) is 18.2 Å². The quantitative estimate of drug-likeness (QED) is 0.790. The smallest absolute Gasteiger partial charge is 0.150 e. The van der Waals surface area contributed by atoms with Crippen LogP contribution in [0, 0.1) is 11.6 Å². The van der Waals surface area contributed by atoms with Crippen LogP contribution in [0.15, 0.2) is 40.9 Å². The third-order valence-corrected chi connectivity index (χ3v) is 3.15. The highest BCUT2D eigenvalue weighted by Gasteiger charge is 2.10. The highest BCUT2D eigenvalue weighted by atomic mass is 79.9. The zero-order chi connectivity index (χ0) is 13.8. The zero-order valence-electron chi connectivity index (χ0n) is 9.70. The summed E-state index contributed by atoms with van der Waals surface area (Å²) in [7, 11) is 0. The maximum Gasteiger partial charge on any atom is 0.150 e. The van der Waals surface area contributed by atoms with Gasteiger partial charge in [0.1, 0.15) is 30.3 Å². The summed E-state index contributed by atoms with van der Waals surface area (Å²) >= 11 is 3.23. The molecule has 2 rings (SSSR count). The van der Waals surface area contributed by atoms with Crippen molar-refractivity contribution in [2.24, 2.45) is 0 Å². The number of rotatable bonds is 4. The van der Waals surface area contributed by atoms with E-state index in [9.17, 15) is 13.6 Å². The topological polar surface area (TPSA) is 26.3 Å². The second-order valence-corrected chi connectivity index (χ2v) is 4.65. The van der Waals surface area contributed by atoms with Gasteiger partial charge in [-0.1, -0.05) is 6.07 Å². The molecule has 0 spiro atoms. The molecule has 0 atom stereocenters. The van der Waals surface area contributed by atoms with Gasteiger partial charge in [0.2, 0.25) is 0 Å². The molecule has 0 unspecified atom stereocenters. The summed E-state index contributed by atoms with van der Waals surface area (Å²) in [5, 5.41) is 0. The Hall–Kier alpha value is -1.75. The Balaban J connectivity index is 2.17. The number of carbonyl (C=O) groups excluding carboxylic acids is 1. The molecule has 0 aromatic heterocycles. The van der Waals surface area contributed by atoms with E-state index in [0.29, 0.717) is 22.1 Å². The predicted octanol–water partition coefficient (Wildman–Crippen LogP) is 4.12. The normalized spacial score (nSPS) is 10.3. The predicted molar refractivity (Wildman–Crippen MR) is 70.2 cm³/mol. The van der Waals surface area contributed by atoms with Crippen molar-refractivity contribution < 1.29 is 18.3 Å². The largest absolute Gasteiger partial charge is 0.488 e. The molecular weight excluding hydrogens is 318 g/mol. The number of carbonyl (C=O) groups is 1. The maximum absolute atomic E-state index is 13.4. The lowest BCUT2D eigenvalue weighted by Gasteiger charge is -2.10. The summed E-state index contributed by atoms with van der Waals surface area (Å²) in [6.45, 7) is -0.225. The molecular formula is C14H9BrF2O2. The van der Waals surface area contributed by atoms with E-state index in [1.165, 1.54) is 18.2 Å². The molecule has 98 valence electrons. The molecule has 0 aliphatic carbocycles. The van der Waals surface area contributed by atoms with Crippen LogP contribution in [0.5, 0.6) is 5.75 Å². The van der Waals surface area contributed by atoms with E-state index in [1.807, 2.05) is 0 Å². The van der Waals surface area contributed by atoms with Crippen LogP contribution in [0.1, 0.15) is 15.9 Å². The first-order valence-electron chi connectivity index (χ1n) is 5.42. The molecule has 2 aromatic carbocycles. The van der Waals surface area contributed by atoms with Crippen LogP contribution >= 0.6 is 15.9 Å². The molecule has 2 nitrogen and oxygen atoms in total. The fraction of sp³-hybridized carbons (Fsp3) is 0.0714. The van der Waals surface area contributed by atoms with Gasteiger partial charge in [-0.2, -0.15) is 0 Å². The Kier molecular flexibility index (Phi) is 4.27. The van der Waals surface area contributed by atoms with Crippen LogP contribution in [0.4, 0.5) is 8.78 Å². The van der Waals surface area contributed by atoms with Crippen LogP contribution in [0.2, 0.25) is 0 Å². The average Bonchev–Trinajstić information content (AvgIpc) is 2.39. The third kappa shape index (κ3) is 3.17. The molecule has 0 fully saturated rings. The molecule has 0 bridgehead atoms. The second kappa shape index (κ2) is 5.93. The van der Waals surface area contributed by atoms with Gasteiger partial charge in [0, 0.05) is 5.56 Å². The summed E-state index contributed by atoms with van der Waals surface area (Å²) in [5.74, 6) is -0.894. The van der Waals surface area contributed by atoms with E-state index in [-0.39, 0.29) is 12.2 Å². The van der Waals surface area contributed by atoms with Crippen molar-refractivity contribution in [3.8, 4) is 5.75 Å². The number of hydrogen-bond acceptors (Lipinski definition) is 2. The summed E-state index contributed by atoms with van der Waals surface area (Å²) in [6.07, 6.45) is 0.699. The second-order valence-electron chi connectivity index (χ2n) is 3.80. The molecule has 0 radical (unpaired) electrons. The molecule has 0 aliphatic rings. The SMILES string of the molecule is O=Cc1ccc(OCc2c(F)cccc2F)c(Br)c1. The molecule has 0 heterocycles. The van der Waals surface area contributed by atoms with E-state index in [2.05, 4.69) is 15.9 Å². The molecule has 2 aromatic rings. The number of benzene rings is 2. The zero-order valence-corrected chi connectivity index (χ0v) is 11.3. The van der Waals surface area contributed by atoms with Crippen LogP contribution in [0.25, 0.3) is 0 Å². The Morgan fingerprint density at radius 2 is 1.84 bits per heavy atom. The first-order valence-corrected chi connectivity index (χ1v) is 6.21. The van der Waals surface area contributed by atoms with Gasteiger partial charge in [-0.15, -0.1) is 0 Å². The van der Waals surface area contributed by atoms with Crippen molar-refractivity contribution >= 4 is 22.2 Å². The number of ether oxygens (including phenoxy) is 1. The Bertz CT molecular complexity index is 594. The van der Waals surface area contributed by atoms with Crippen molar-refractivity contribution in [1.82, 2.24) is 0 Å². The van der Waals surface area contributed by atoms with Crippen LogP contribution in [0.3, 0.4) is 0 Å². The fourth-order valence-corrected chi connectivity index (χ4v) is 2.04. The van der Waals surface area contributed by atoms with E-state index in [4.69, 9.17) is 4.74 Å². The molecule has 5 heteroatoms. The molecule has 0 saturated carbocycles. The minimum absolute atomic E-state index is 0.131. The highest BCUT2D eigenvalue weighted by molar-refractivity contribution is 9.10. The fourth-order valence-electron chi connectivity index (χ4n) is 1.53. The lowest BCUT2D eigenvalue weighted by Crippen LogP contribution is -2.02. The van der Waals surface area contributed by atoms with Gasteiger partial charge in [-0.05, 0) is 46.3 Å². The Morgan fingerprint density at radius 3 is 2.42 bits per heavy atom. The van der Waals surface area contributed by atoms with E-state index in [0.717, 1.165) is 0 Å². The molecule has 0 N–H and O–H groups in total. The highest BCUT2D eigenvalue weighted by Crippen LogP contribution is 2.27.